The quantitative estimate of drug-likeness (QED) is 0.468. The third kappa shape index (κ3) is 1.66. The van der Waals surface area contributed by atoms with Crippen LogP contribution in [0.25, 0.3) is 0 Å². The molecule has 0 spiro atoms. The highest BCUT2D eigenvalue weighted by molar-refractivity contribution is 5.86. The number of hydrogen-bond acceptors (Lipinski definition) is 4. The van der Waals surface area contributed by atoms with Crippen LogP contribution in [0.2, 0.25) is 0 Å². The third-order valence-corrected chi connectivity index (χ3v) is 1.27. The lowest BCUT2D eigenvalue weighted by atomic mass is 10.3. The molecule has 62 valence electrons. The van der Waals surface area contributed by atoms with Gasteiger partial charge in [0.2, 0.25) is 5.91 Å². The zero-order valence-corrected chi connectivity index (χ0v) is 5.82. The van der Waals surface area contributed by atoms with Crippen LogP contribution in [-0.2, 0) is 14.4 Å². The van der Waals surface area contributed by atoms with Crippen molar-refractivity contribution in [3.05, 3.63) is 0 Å². The number of carbonyl (C=O) groups excluding carboxylic acids is 2. The molecule has 1 rings (SSSR count). The van der Waals surface area contributed by atoms with E-state index in [1.165, 1.54) is 0 Å². The maximum Gasteiger partial charge on any atom is 0.265 e. The first-order valence-electron chi connectivity index (χ1n) is 3.09. The van der Waals surface area contributed by atoms with Gasteiger partial charge in [-0.05, 0) is 0 Å². The Balaban J connectivity index is 2.49. The Morgan fingerprint density at radius 1 is 1.82 bits per heavy atom. The van der Waals surface area contributed by atoms with Gasteiger partial charge in [-0.1, -0.05) is 0 Å². The Morgan fingerprint density at radius 2 is 2.45 bits per heavy atom. The fourth-order valence-electron chi connectivity index (χ4n) is 0.755. The summed E-state index contributed by atoms with van der Waals surface area (Å²) >= 11 is 0. The normalized spacial score (nSPS) is 24.3. The Kier molecular flexibility index (Phi) is 2.06. The van der Waals surface area contributed by atoms with Crippen LogP contribution >= 0.6 is 0 Å². The Hall–Kier alpha value is -1.14. The van der Waals surface area contributed by atoms with E-state index in [1.807, 2.05) is 0 Å². The summed E-state index contributed by atoms with van der Waals surface area (Å²) < 4.78 is 0. The van der Waals surface area contributed by atoms with Crippen molar-refractivity contribution in [3.8, 4) is 0 Å². The van der Waals surface area contributed by atoms with Crippen molar-refractivity contribution in [3.63, 3.8) is 0 Å². The average Bonchev–Trinajstić information content (AvgIpc) is 2.18. The molecule has 0 aromatic rings. The van der Waals surface area contributed by atoms with E-state index in [0.717, 1.165) is 5.06 Å². The predicted molar refractivity (Wildman–Crippen MR) is 34.8 cm³/mol. The molecular weight excluding hydrogens is 150 g/mol. The number of hydroxylamine groups is 2. The van der Waals surface area contributed by atoms with Crippen molar-refractivity contribution in [2.75, 3.05) is 13.2 Å². The molecule has 1 heterocycles. The molecule has 1 fully saturated rings. The van der Waals surface area contributed by atoms with E-state index in [2.05, 4.69) is 0 Å². The second-order valence-electron chi connectivity index (χ2n) is 2.24. The van der Waals surface area contributed by atoms with Gasteiger partial charge >= 0.3 is 0 Å². The van der Waals surface area contributed by atoms with Crippen LogP contribution in [-0.4, -0.2) is 36.1 Å². The van der Waals surface area contributed by atoms with Gasteiger partial charge in [0.15, 0.2) is 0 Å². The molecular formula is C5H9N3O3. The minimum absolute atomic E-state index is 0.117. The fraction of sp³-hybridized carbons (Fsp3) is 0.600. The highest BCUT2D eigenvalue weighted by atomic mass is 16.7. The molecule has 0 aromatic carbocycles. The summed E-state index contributed by atoms with van der Waals surface area (Å²) in [5.74, 6) is -1.02. The van der Waals surface area contributed by atoms with Crippen LogP contribution in [0.4, 0.5) is 0 Å². The summed E-state index contributed by atoms with van der Waals surface area (Å²) in [7, 11) is 0. The first kappa shape index (κ1) is 7.96. The van der Waals surface area contributed by atoms with Gasteiger partial charge in [-0.2, -0.15) is 0 Å². The first-order chi connectivity index (χ1) is 5.11. The van der Waals surface area contributed by atoms with Crippen LogP contribution < -0.4 is 11.5 Å². The smallest absolute Gasteiger partial charge is 0.265 e. The lowest BCUT2D eigenvalue weighted by molar-refractivity contribution is -0.165. The Morgan fingerprint density at radius 3 is 2.82 bits per heavy atom. The minimum Gasteiger partial charge on any atom is -0.368 e. The van der Waals surface area contributed by atoms with E-state index in [0.29, 0.717) is 0 Å². The maximum atomic E-state index is 10.9. The standard InChI is InChI=1S/C5H9N3O3/c6-3-2-11-8(5(3)10)1-4(7)9/h3H,1-2,6H2,(H2,7,9). The Bertz CT molecular complexity index is 193. The molecule has 0 bridgehead atoms. The molecule has 2 amide bonds. The predicted octanol–water partition coefficient (Wildman–Crippen LogP) is -2.43. The van der Waals surface area contributed by atoms with E-state index in [-0.39, 0.29) is 13.2 Å². The van der Waals surface area contributed by atoms with Gasteiger partial charge in [0.25, 0.3) is 5.91 Å². The molecule has 6 nitrogen and oxygen atoms in total. The minimum atomic E-state index is -0.658. The number of rotatable bonds is 2. The highest BCUT2D eigenvalue weighted by Crippen LogP contribution is 2.03. The molecule has 4 N–H and O–H groups in total. The number of nitrogens with zero attached hydrogens (tertiary/aromatic N) is 1. The molecule has 0 aromatic heterocycles. The van der Waals surface area contributed by atoms with Crippen LogP contribution in [0.1, 0.15) is 0 Å². The maximum absolute atomic E-state index is 10.9. The van der Waals surface area contributed by atoms with E-state index >= 15 is 0 Å². The second kappa shape index (κ2) is 2.85. The van der Waals surface area contributed by atoms with E-state index in [1.54, 1.807) is 0 Å². The Labute approximate surface area is 63.0 Å². The molecule has 1 saturated heterocycles. The average molecular weight is 159 g/mol. The number of nitrogens with two attached hydrogens (primary N) is 2. The van der Waals surface area contributed by atoms with E-state index in [9.17, 15) is 9.59 Å². The zero-order valence-electron chi connectivity index (χ0n) is 5.82. The van der Waals surface area contributed by atoms with Crippen molar-refractivity contribution in [2.24, 2.45) is 11.5 Å². The molecule has 11 heavy (non-hydrogen) atoms. The van der Waals surface area contributed by atoms with Crippen molar-refractivity contribution in [1.82, 2.24) is 5.06 Å². The van der Waals surface area contributed by atoms with Crippen molar-refractivity contribution < 1.29 is 14.4 Å². The van der Waals surface area contributed by atoms with Gasteiger partial charge in [0, 0.05) is 0 Å². The van der Waals surface area contributed by atoms with E-state index < -0.39 is 17.9 Å². The first-order valence-corrected chi connectivity index (χ1v) is 3.09. The molecule has 0 aliphatic carbocycles. The molecule has 1 aliphatic rings. The van der Waals surface area contributed by atoms with Gasteiger partial charge in [-0.25, -0.2) is 5.06 Å². The monoisotopic (exact) mass is 159 g/mol. The summed E-state index contributed by atoms with van der Waals surface area (Å²) in [6.45, 7) is -0.112. The van der Waals surface area contributed by atoms with Crippen LogP contribution in [0.3, 0.4) is 0 Å². The molecule has 1 unspecified atom stereocenters. The number of amides is 2. The third-order valence-electron chi connectivity index (χ3n) is 1.27. The summed E-state index contributed by atoms with van der Waals surface area (Å²) in [5.41, 5.74) is 10.1. The van der Waals surface area contributed by atoms with Crippen molar-refractivity contribution >= 4 is 11.8 Å². The van der Waals surface area contributed by atoms with E-state index in [4.69, 9.17) is 16.3 Å². The molecule has 1 atom stereocenters. The highest BCUT2D eigenvalue weighted by Gasteiger charge is 2.30. The largest absolute Gasteiger partial charge is 0.368 e. The lowest BCUT2D eigenvalue weighted by Crippen LogP contribution is -2.38. The molecule has 1 aliphatic heterocycles. The zero-order chi connectivity index (χ0) is 8.43. The molecule has 0 saturated carbocycles. The van der Waals surface area contributed by atoms with Crippen LogP contribution in [0.15, 0.2) is 0 Å². The van der Waals surface area contributed by atoms with Gasteiger partial charge in [-0.3, -0.25) is 14.4 Å². The number of hydrogen-bond donors (Lipinski definition) is 2. The fourth-order valence-corrected chi connectivity index (χ4v) is 0.755. The van der Waals surface area contributed by atoms with Gasteiger partial charge in [-0.15, -0.1) is 0 Å². The molecule has 0 radical (unpaired) electrons. The second-order valence-corrected chi connectivity index (χ2v) is 2.24. The number of carbonyl (C=O) groups is 2. The van der Waals surface area contributed by atoms with Gasteiger partial charge in [0.05, 0.1) is 6.61 Å². The topological polar surface area (TPSA) is 98.7 Å². The van der Waals surface area contributed by atoms with Crippen molar-refractivity contribution in [2.45, 2.75) is 6.04 Å². The van der Waals surface area contributed by atoms with Crippen molar-refractivity contribution in [1.29, 1.82) is 0 Å². The van der Waals surface area contributed by atoms with Crippen LogP contribution in [0, 0.1) is 0 Å². The van der Waals surface area contributed by atoms with Gasteiger partial charge < -0.3 is 11.5 Å². The summed E-state index contributed by atoms with van der Waals surface area (Å²) in [6, 6.07) is -0.658. The summed E-state index contributed by atoms with van der Waals surface area (Å²) in [5, 5.41) is 0.882. The van der Waals surface area contributed by atoms with Gasteiger partial charge in [0.1, 0.15) is 12.6 Å². The molecule has 6 heteroatoms. The summed E-state index contributed by atoms with van der Waals surface area (Å²) in [4.78, 5) is 26.0. The van der Waals surface area contributed by atoms with Crippen LogP contribution in [0.5, 0.6) is 0 Å². The number of primary amides is 1. The summed E-state index contributed by atoms with van der Waals surface area (Å²) in [6.07, 6.45) is 0. The lowest BCUT2D eigenvalue weighted by Gasteiger charge is -2.10. The SMILES string of the molecule is NC(=O)CN1OCC(N)C1=O.